The Hall–Kier alpha value is -2.14. The molecule has 0 radical (unpaired) electrons. The van der Waals surface area contributed by atoms with Gasteiger partial charge >= 0.3 is 11.9 Å². The van der Waals surface area contributed by atoms with Gasteiger partial charge < -0.3 is 14.9 Å². The van der Waals surface area contributed by atoms with Crippen molar-refractivity contribution in [2.24, 2.45) is 0 Å². The van der Waals surface area contributed by atoms with Gasteiger partial charge in [-0.1, -0.05) is 24.8 Å². The minimum absolute atomic E-state index is 0.0493. The molecule has 0 unspecified atom stereocenters. The zero-order valence-electron chi connectivity index (χ0n) is 10.1. The summed E-state index contributed by atoms with van der Waals surface area (Å²) in [5.41, 5.74) is 0.681. The quantitative estimate of drug-likeness (QED) is 0.626. The van der Waals surface area contributed by atoms with Crippen molar-refractivity contribution in [3.63, 3.8) is 0 Å². The Labute approximate surface area is 105 Å². The molecule has 0 saturated carbocycles. The smallest absolute Gasteiger partial charge is 0.338 e. The molecule has 0 aliphatic rings. The van der Waals surface area contributed by atoms with Crippen LogP contribution in [0.4, 0.5) is 0 Å². The van der Waals surface area contributed by atoms with E-state index in [2.05, 4.69) is 11.3 Å². The van der Waals surface area contributed by atoms with Crippen LogP contribution in [-0.4, -0.2) is 35.4 Å². The van der Waals surface area contributed by atoms with Crippen molar-refractivity contribution < 1.29 is 24.5 Å². The lowest BCUT2D eigenvalue weighted by atomic mass is 10.2. The van der Waals surface area contributed by atoms with E-state index in [4.69, 9.17) is 10.2 Å². The third kappa shape index (κ3) is 7.19. The fourth-order valence-electron chi connectivity index (χ4n) is 0.796. The number of hydrogen-bond donors (Lipinski definition) is 2. The molecule has 0 aliphatic heterocycles. The zero-order valence-corrected chi connectivity index (χ0v) is 10.1. The van der Waals surface area contributed by atoms with Crippen LogP contribution in [-0.2, 0) is 9.53 Å². The molecule has 0 fully saturated rings. The normalized spacial score (nSPS) is 8.78. The molecule has 0 atom stereocenters. The van der Waals surface area contributed by atoms with Crippen molar-refractivity contribution in [1.82, 2.24) is 0 Å². The number of rotatable bonds is 4. The van der Waals surface area contributed by atoms with E-state index in [-0.39, 0.29) is 18.8 Å². The predicted molar refractivity (Wildman–Crippen MR) is 66.3 cm³/mol. The van der Waals surface area contributed by atoms with Crippen LogP contribution in [0.25, 0.3) is 0 Å². The van der Waals surface area contributed by atoms with Gasteiger partial charge in [-0.15, -0.1) is 0 Å². The molecule has 2 N–H and O–H groups in total. The molecule has 0 heterocycles. The summed E-state index contributed by atoms with van der Waals surface area (Å²) < 4.78 is 4.69. The third-order valence-electron chi connectivity index (χ3n) is 1.70. The molecule has 5 heteroatoms. The molecule has 98 valence electrons. The van der Waals surface area contributed by atoms with Gasteiger partial charge in [-0.2, -0.15) is 0 Å². The third-order valence-corrected chi connectivity index (χ3v) is 1.70. The van der Waals surface area contributed by atoms with Gasteiger partial charge in [0.1, 0.15) is 6.61 Å². The Morgan fingerprint density at radius 2 is 1.78 bits per heavy atom. The maximum absolute atomic E-state index is 11.1. The number of benzene rings is 1. The molecule has 5 nitrogen and oxygen atoms in total. The van der Waals surface area contributed by atoms with E-state index in [1.807, 2.05) is 6.07 Å². The van der Waals surface area contributed by atoms with E-state index in [0.717, 1.165) is 0 Å². The van der Waals surface area contributed by atoms with Gasteiger partial charge in [-0.05, 0) is 19.1 Å². The molecule has 0 spiro atoms. The van der Waals surface area contributed by atoms with Crippen LogP contribution >= 0.6 is 0 Å². The molecular formula is C13H16O5. The van der Waals surface area contributed by atoms with Crippen molar-refractivity contribution in [3.05, 3.63) is 48.0 Å². The maximum atomic E-state index is 11.1. The Morgan fingerprint density at radius 1 is 1.28 bits per heavy atom. The standard InChI is InChI=1S/C9H10O3.C4H6O2/c10-6-7-12-9(11)8-4-2-1-3-5-8;1-3(2)4(5)6/h1-5,10H,6-7H2;1H2,2H3,(H,5,6). The summed E-state index contributed by atoms with van der Waals surface area (Å²) in [5.74, 6) is -1.33. The van der Waals surface area contributed by atoms with Crippen LogP contribution in [0.1, 0.15) is 17.3 Å². The lowest BCUT2D eigenvalue weighted by molar-refractivity contribution is -0.132. The van der Waals surface area contributed by atoms with Crippen molar-refractivity contribution in [1.29, 1.82) is 0 Å². The summed E-state index contributed by atoms with van der Waals surface area (Å²) >= 11 is 0. The van der Waals surface area contributed by atoms with Crippen molar-refractivity contribution in [3.8, 4) is 0 Å². The number of ether oxygens (including phenoxy) is 1. The monoisotopic (exact) mass is 252 g/mol. The molecule has 0 aliphatic carbocycles. The number of esters is 1. The predicted octanol–water partition coefficient (Wildman–Crippen LogP) is 1.48. The lowest BCUT2D eigenvalue weighted by Crippen LogP contribution is -2.08. The molecular weight excluding hydrogens is 236 g/mol. The van der Waals surface area contributed by atoms with Gasteiger partial charge in [-0.25, -0.2) is 9.59 Å². The van der Waals surface area contributed by atoms with Gasteiger partial charge in [0, 0.05) is 5.57 Å². The number of carbonyl (C=O) groups is 2. The summed E-state index contributed by atoms with van der Waals surface area (Å²) in [6, 6.07) is 8.67. The largest absolute Gasteiger partial charge is 0.478 e. The Kier molecular flexibility index (Phi) is 7.89. The van der Waals surface area contributed by atoms with E-state index in [9.17, 15) is 9.59 Å². The van der Waals surface area contributed by atoms with Crippen molar-refractivity contribution >= 4 is 11.9 Å². The number of aliphatic carboxylic acids is 1. The molecule has 1 aromatic rings. The Bertz CT molecular complexity index is 385. The summed E-state index contributed by atoms with van der Waals surface area (Å²) in [6.45, 7) is 4.51. The number of carboxylic acid groups (broad SMARTS) is 1. The van der Waals surface area contributed by atoms with Gasteiger partial charge in [0.05, 0.1) is 12.2 Å². The van der Waals surface area contributed by atoms with Gasteiger partial charge in [0.15, 0.2) is 0 Å². The first-order chi connectivity index (χ1) is 8.49. The summed E-state index contributed by atoms with van der Waals surface area (Å²) in [4.78, 5) is 20.7. The fourth-order valence-corrected chi connectivity index (χ4v) is 0.796. The molecule has 0 aromatic heterocycles. The SMILES string of the molecule is C=C(C)C(=O)O.O=C(OCCO)c1ccccc1. The van der Waals surface area contributed by atoms with Crippen LogP contribution in [0, 0.1) is 0 Å². The van der Waals surface area contributed by atoms with E-state index >= 15 is 0 Å². The van der Waals surface area contributed by atoms with Crippen LogP contribution < -0.4 is 0 Å². The number of carboxylic acids is 1. The average molecular weight is 252 g/mol. The van der Waals surface area contributed by atoms with Crippen LogP contribution in [0.15, 0.2) is 42.5 Å². The molecule has 0 saturated heterocycles. The summed E-state index contributed by atoms with van der Waals surface area (Å²) in [7, 11) is 0. The molecule has 1 aromatic carbocycles. The van der Waals surface area contributed by atoms with Crippen LogP contribution in [0.5, 0.6) is 0 Å². The minimum Gasteiger partial charge on any atom is -0.478 e. The highest BCUT2D eigenvalue weighted by molar-refractivity contribution is 5.89. The second-order valence-electron chi connectivity index (χ2n) is 3.31. The Morgan fingerprint density at radius 3 is 2.17 bits per heavy atom. The summed E-state index contributed by atoms with van der Waals surface area (Å²) in [5, 5.41) is 16.3. The average Bonchev–Trinajstić information content (AvgIpc) is 2.37. The van der Waals surface area contributed by atoms with Gasteiger partial charge in [0.25, 0.3) is 0 Å². The van der Waals surface area contributed by atoms with E-state index < -0.39 is 11.9 Å². The number of aliphatic hydroxyl groups excluding tert-OH is 1. The van der Waals surface area contributed by atoms with E-state index in [1.165, 1.54) is 6.92 Å². The summed E-state index contributed by atoms with van der Waals surface area (Å²) in [6.07, 6.45) is 0. The molecule has 1 rings (SSSR count). The topological polar surface area (TPSA) is 83.8 Å². The van der Waals surface area contributed by atoms with E-state index in [1.54, 1.807) is 24.3 Å². The van der Waals surface area contributed by atoms with Crippen molar-refractivity contribution in [2.75, 3.05) is 13.2 Å². The minimum atomic E-state index is -0.935. The van der Waals surface area contributed by atoms with Gasteiger partial charge in [0.2, 0.25) is 0 Å². The van der Waals surface area contributed by atoms with E-state index in [0.29, 0.717) is 5.56 Å². The van der Waals surface area contributed by atoms with Gasteiger partial charge in [-0.3, -0.25) is 0 Å². The number of hydrogen-bond acceptors (Lipinski definition) is 4. The molecule has 0 bridgehead atoms. The molecule has 0 amide bonds. The Balaban J connectivity index is 0.000000411. The lowest BCUT2D eigenvalue weighted by Gasteiger charge is -2.00. The number of aliphatic hydroxyl groups is 1. The highest BCUT2D eigenvalue weighted by atomic mass is 16.5. The first-order valence-corrected chi connectivity index (χ1v) is 5.21. The first kappa shape index (κ1) is 15.9. The maximum Gasteiger partial charge on any atom is 0.338 e. The fraction of sp³-hybridized carbons (Fsp3) is 0.231. The first-order valence-electron chi connectivity index (χ1n) is 5.21. The van der Waals surface area contributed by atoms with Crippen LogP contribution in [0.3, 0.4) is 0 Å². The molecule has 18 heavy (non-hydrogen) atoms. The highest BCUT2D eigenvalue weighted by Gasteiger charge is 2.03. The number of carbonyl (C=O) groups excluding carboxylic acids is 1. The van der Waals surface area contributed by atoms with Crippen molar-refractivity contribution in [2.45, 2.75) is 6.92 Å². The second-order valence-corrected chi connectivity index (χ2v) is 3.31. The second kappa shape index (κ2) is 8.95. The highest BCUT2D eigenvalue weighted by Crippen LogP contribution is 2.00. The van der Waals surface area contributed by atoms with Crippen LogP contribution in [0.2, 0.25) is 0 Å². The zero-order chi connectivity index (χ0) is 14.0.